The molecular formula is C13H19IN2. The van der Waals surface area contributed by atoms with Gasteiger partial charge in [0.2, 0.25) is 0 Å². The molecule has 0 saturated carbocycles. The molecule has 3 heteroatoms. The van der Waals surface area contributed by atoms with Gasteiger partial charge in [0.15, 0.2) is 0 Å². The summed E-state index contributed by atoms with van der Waals surface area (Å²) in [7, 11) is 0. The quantitative estimate of drug-likeness (QED) is 0.839. The van der Waals surface area contributed by atoms with Gasteiger partial charge in [0.25, 0.3) is 0 Å². The van der Waals surface area contributed by atoms with Gasteiger partial charge in [-0.1, -0.05) is 19.1 Å². The Morgan fingerprint density at radius 2 is 2.19 bits per heavy atom. The summed E-state index contributed by atoms with van der Waals surface area (Å²) in [6.45, 7) is 7.86. The second-order valence-corrected chi connectivity index (χ2v) is 5.88. The molecule has 1 aromatic carbocycles. The number of anilines is 1. The van der Waals surface area contributed by atoms with Crippen molar-refractivity contribution in [2.75, 3.05) is 24.5 Å². The molecule has 1 saturated heterocycles. The van der Waals surface area contributed by atoms with Gasteiger partial charge in [-0.15, -0.1) is 0 Å². The van der Waals surface area contributed by atoms with E-state index in [1.807, 2.05) is 0 Å². The number of hydrogen-bond donors (Lipinski definition) is 1. The van der Waals surface area contributed by atoms with Crippen molar-refractivity contribution < 1.29 is 0 Å². The van der Waals surface area contributed by atoms with Crippen LogP contribution in [-0.4, -0.2) is 25.2 Å². The molecular weight excluding hydrogens is 311 g/mol. The molecule has 1 heterocycles. The van der Waals surface area contributed by atoms with Crippen LogP contribution in [0.3, 0.4) is 0 Å². The number of hydrogen-bond acceptors (Lipinski definition) is 2. The highest BCUT2D eigenvalue weighted by molar-refractivity contribution is 14.1. The van der Waals surface area contributed by atoms with Crippen LogP contribution in [0.2, 0.25) is 0 Å². The minimum atomic E-state index is 0.261. The van der Waals surface area contributed by atoms with Crippen LogP contribution in [0.15, 0.2) is 24.3 Å². The predicted octanol–water partition coefficient (Wildman–Crippen LogP) is 2.87. The van der Waals surface area contributed by atoms with Gasteiger partial charge in [0.1, 0.15) is 0 Å². The lowest BCUT2D eigenvalue weighted by Crippen LogP contribution is -2.58. The summed E-state index contributed by atoms with van der Waals surface area (Å²) in [5.74, 6) is 0. The van der Waals surface area contributed by atoms with Crippen LogP contribution in [0.5, 0.6) is 0 Å². The first-order chi connectivity index (χ1) is 7.64. The van der Waals surface area contributed by atoms with Crippen molar-refractivity contribution in [1.82, 2.24) is 5.32 Å². The molecule has 0 aliphatic carbocycles. The minimum absolute atomic E-state index is 0.261. The molecule has 2 rings (SSSR count). The van der Waals surface area contributed by atoms with E-state index in [-0.39, 0.29) is 5.54 Å². The molecule has 1 aliphatic heterocycles. The molecule has 1 atom stereocenters. The Bertz CT molecular complexity index is 367. The van der Waals surface area contributed by atoms with Crippen LogP contribution >= 0.6 is 22.6 Å². The van der Waals surface area contributed by atoms with Crippen molar-refractivity contribution in [3.63, 3.8) is 0 Å². The number of rotatable bonds is 2. The van der Waals surface area contributed by atoms with E-state index in [9.17, 15) is 0 Å². The van der Waals surface area contributed by atoms with Gasteiger partial charge in [0.05, 0.1) is 5.69 Å². The van der Waals surface area contributed by atoms with Gasteiger partial charge in [-0.3, -0.25) is 0 Å². The number of nitrogens with one attached hydrogen (secondary N) is 1. The summed E-state index contributed by atoms with van der Waals surface area (Å²) < 4.78 is 1.35. The molecule has 1 aromatic rings. The summed E-state index contributed by atoms with van der Waals surface area (Å²) in [6.07, 6.45) is 1.17. The fourth-order valence-electron chi connectivity index (χ4n) is 2.20. The highest BCUT2D eigenvalue weighted by Crippen LogP contribution is 2.26. The molecule has 1 aliphatic rings. The predicted molar refractivity (Wildman–Crippen MR) is 78.1 cm³/mol. The zero-order chi connectivity index (χ0) is 11.6. The molecule has 88 valence electrons. The number of benzene rings is 1. The summed E-state index contributed by atoms with van der Waals surface area (Å²) in [5, 5.41) is 3.62. The second-order valence-electron chi connectivity index (χ2n) is 4.71. The highest BCUT2D eigenvalue weighted by atomic mass is 127. The molecule has 1 fully saturated rings. The SMILES string of the molecule is CCC1(C)CN(c2ccccc2I)CCN1. The van der Waals surface area contributed by atoms with Crippen molar-refractivity contribution >= 4 is 28.3 Å². The molecule has 2 nitrogen and oxygen atoms in total. The van der Waals surface area contributed by atoms with Crippen LogP contribution in [0.1, 0.15) is 20.3 Å². The standard InChI is InChI=1S/C13H19IN2/c1-3-13(2)10-16(9-8-15-13)12-7-5-4-6-11(12)14/h4-7,15H,3,8-10H2,1-2H3. The van der Waals surface area contributed by atoms with Gasteiger partial charge in [-0.05, 0) is 48.1 Å². The lowest BCUT2D eigenvalue weighted by Gasteiger charge is -2.42. The largest absolute Gasteiger partial charge is 0.368 e. The van der Waals surface area contributed by atoms with Gasteiger partial charge >= 0.3 is 0 Å². The molecule has 0 amide bonds. The molecule has 1 unspecified atom stereocenters. The van der Waals surface area contributed by atoms with E-state index in [1.54, 1.807) is 0 Å². The third-order valence-electron chi connectivity index (χ3n) is 3.45. The van der Waals surface area contributed by atoms with Crippen molar-refractivity contribution in [3.8, 4) is 0 Å². The molecule has 0 bridgehead atoms. The Morgan fingerprint density at radius 1 is 1.44 bits per heavy atom. The zero-order valence-electron chi connectivity index (χ0n) is 9.96. The smallest absolute Gasteiger partial charge is 0.0502 e. The van der Waals surface area contributed by atoms with E-state index in [0.29, 0.717) is 0 Å². The third kappa shape index (κ3) is 2.51. The monoisotopic (exact) mass is 330 g/mol. The van der Waals surface area contributed by atoms with Gasteiger partial charge < -0.3 is 10.2 Å². The van der Waals surface area contributed by atoms with Crippen molar-refractivity contribution in [3.05, 3.63) is 27.8 Å². The average Bonchev–Trinajstić information content (AvgIpc) is 2.30. The Kier molecular flexibility index (Phi) is 3.74. The Balaban J connectivity index is 2.19. The zero-order valence-corrected chi connectivity index (χ0v) is 12.1. The normalized spacial score (nSPS) is 25.8. The van der Waals surface area contributed by atoms with Crippen LogP contribution in [0, 0.1) is 3.57 Å². The number of nitrogens with zero attached hydrogens (tertiary/aromatic N) is 1. The minimum Gasteiger partial charge on any atom is -0.368 e. The lowest BCUT2D eigenvalue weighted by molar-refractivity contribution is 0.314. The molecule has 0 aromatic heterocycles. The summed E-state index contributed by atoms with van der Waals surface area (Å²) >= 11 is 2.42. The van der Waals surface area contributed by atoms with E-state index in [0.717, 1.165) is 19.6 Å². The van der Waals surface area contributed by atoms with Crippen LogP contribution < -0.4 is 10.2 Å². The van der Waals surface area contributed by atoms with Gasteiger partial charge in [0, 0.05) is 28.7 Å². The van der Waals surface area contributed by atoms with E-state index in [4.69, 9.17) is 0 Å². The van der Waals surface area contributed by atoms with Crippen LogP contribution in [-0.2, 0) is 0 Å². The Hall–Kier alpha value is -0.290. The van der Waals surface area contributed by atoms with Gasteiger partial charge in [-0.25, -0.2) is 0 Å². The summed E-state index contributed by atoms with van der Waals surface area (Å²) in [5.41, 5.74) is 1.64. The molecule has 0 spiro atoms. The van der Waals surface area contributed by atoms with E-state index < -0.39 is 0 Å². The number of halogens is 1. The van der Waals surface area contributed by atoms with Crippen molar-refractivity contribution in [2.45, 2.75) is 25.8 Å². The second kappa shape index (κ2) is 4.92. The van der Waals surface area contributed by atoms with Crippen molar-refractivity contribution in [2.24, 2.45) is 0 Å². The average molecular weight is 330 g/mol. The first-order valence-electron chi connectivity index (χ1n) is 5.89. The first-order valence-corrected chi connectivity index (χ1v) is 6.97. The molecule has 16 heavy (non-hydrogen) atoms. The maximum Gasteiger partial charge on any atom is 0.0502 e. The summed E-state index contributed by atoms with van der Waals surface area (Å²) in [4.78, 5) is 2.50. The Morgan fingerprint density at radius 3 is 2.88 bits per heavy atom. The number of para-hydroxylation sites is 1. The molecule has 1 N–H and O–H groups in total. The van der Waals surface area contributed by atoms with E-state index in [1.165, 1.54) is 15.7 Å². The first kappa shape index (κ1) is 12.2. The number of piperazine rings is 1. The van der Waals surface area contributed by atoms with Crippen molar-refractivity contribution in [1.29, 1.82) is 0 Å². The van der Waals surface area contributed by atoms with E-state index in [2.05, 4.69) is 70.9 Å². The third-order valence-corrected chi connectivity index (χ3v) is 4.36. The maximum atomic E-state index is 3.62. The summed E-state index contributed by atoms with van der Waals surface area (Å²) in [6, 6.07) is 8.64. The van der Waals surface area contributed by atoms with E-state index >= 15 is 0 Å². The van der Waals surface area contributed by atoms with Gasteiger partial charge in [-0.2, -0.15) is 0 Å². The fourth-order valence-corrected chi connectivity index (χ4v) is 2.93. The Labute approximate surface area is 112 Å². The maximum absolute atomic E-state index is 3.62. The molecule has 0 radical (unpaired) electrons. The van der Waals surface area contributed by atoms with Crippen LogP contribution in [0.4, 0.5) is 5.69 Å². The van der Waals surface area contributed by atoms with Crippen LogP contribution in [0.25, 0.3) is 0 Å². The highest BCUT2D eigenvalue weighted by Gasteiger charge is 2.29. The fraction of sp³-hybridized carbons (Fsp3) is 0.538. The topological polar surface area (TPSA) is 15.3 Å². The lowest BCUT2D eigenvalue weighted by atomic mass is 9.95.